The third kappa shape index (κ3) is 7.89. The lowest BCUT2D eigenvalue weighted by Crippen LogP contribution is -2.61. The van der Waals surface area contributed by atoms with E-state index < -0.39 is 42.0 Å². The molecule has 0 fully saturated rings. The average Bonchev–Trinajstić information content (AvgIpc) is 2.72. The standard InChI is InChI=1S/C24H30ClN3O4/c1-23(2,3)32-22(31)27-19(14-17-11-8-12-18(25)13-17)20(29)28-24(4,21(26)30)15-16-9-6-5-7-10-16/h5-13,19H,14-15H2,1-4H3,(H2,26,30)(H,27,31)(H,28,29)/t19?,24-/m0/s1/i4D. The SMILES string of the molecule is [2H]C[C@@](Cc1ccccc1)(NC(=O)C(Cc1cccc(Cl)c1)NC(=O)OC(C)(C)C)C(N)=O. The predicted molar refractivity (Wildman–Crippen MR) is 124 cm³/mol. The number of ether oxygens (including phenoxy) is 1. The van der Waals surface area contributed by atoms with E-state index in [-0.39, 0.29) is 12.8 Å². The number of alkyl carbamates (subject to hydrolysis) is 1. The summed E-state index contributed by atoms with van der Waals surface area (Å²) >= 11 is 6.06. The topological polar surface area (TPSA) is 111 Å². The second-order valence-corrected chi connectivity index (χ2v) is 9.07. The second kappa shape index (κ2) is 10.5. The maximum Gasteiger partial charge on any atom is 0.408 e. The first kappa shape index (κ1) is 23.6. The van der Waals surface area contributed by atoms with Crippen LogP contribution in [-0.4, -0.2) is 35.1 Å². The number of benzene rings is 2. The Morgan fingerprint density at radius 3 is 2.31 bits per heavy atom. The van der Waals surface area contributed by atoms with Crippen LogP contribution in [0.2, 0.25) is 5.02 Å². The van der Waals surface area contributed by atoms with Gasteiger partial charge in [0, 0.05) is 19.2 Å². The van der Waals surface area contributed by atoms with Gasteiger partial charge in [-0.1, -0.05) is 54.1 Å². The van der Waals surface area contributed by atoms with Crippen LogP contribution in [0.15, 0.2) is 54.6 Å². The summed E-state index contributed by atoms with van der Waals surface area (Å²) in [5.74, 6) is -1.50. The second-order valence-electron chi connectivity index (χ2n) is 8.63. The summed E-state index contributed by atoms with van der Waals surface area (Å²) in [6.07, 6.45) is -0.665. The monoisotopic (exact) mass is 460 g/mol. The van der Waals surface area contributed by atoms with Crippen molar-refractivity contribution in [3.05, 3.63) is 70.7 Å². The molecule has 172 valence electrons. The van der Waals surface area contributed by atoms with E-state index in [2.05, 4.69) is 10.6 Å². The molecule has 1 unspecified atom stereocenters. The molecule has 2 atom stereocenters. The Balaban J connectivity index is 2.31. The summed E-state index contributed by atoms with van der Waals surface area (Å²) in [5.41, 5.74) is 4.63. The summed E-state index contributed by atoms with van der Waals surface area (Å²) in [5, 5.41) is 5.67. The fourth-order valence-corrected chi connectivity index (χ4v) is 3.23. The van der Waals surface area contributed by atoms with Crippen LogP contribution in [0.25, 0.3) is 0 Å². The Hall–Kier alpha value is -3.06. The Bertz CT molecular complexity index is 981. The third-order valence-electron chi connectivity index (χ3n) is 4.52. The number of primary amides is 1. The van der Waals surface area contributed by atoms with E-state index in [1.807, 2.05) is 6.07 Å². The Morgan fingerprint density at radius 1 is 1.09 bits per heavy atom. The maximum absolute atomic E-state index is 13.3. The molecule has 32 heavy (non-hydrogen) atoms. The van der Waals surface area contributed by atoms with Crippen molar-refractivity contribution in [1.82, 2.24) is 10.6 Å². The van der Waals surface area contributed by atoms with Gasteiger partial charge in [0.15, 0.2) is 0 Å². The van der Waals surface area contributed by atoms with Crippen molar-refractivity contribution in [2.24, 2.45) is 5.73 Å². The molecule has 0 aliphatic heterocycles. The van der Waals surface area contributed by atoms with Crippen LogP contribution in [-0.2, 0) is 27.2 Å². The zero-order valence-electron chi connectivity index (χ0n) is 19.5. The molecule has 4 N–H and O–H groups in total. The van der Waals surface area contributed by atoms with Crippen molar-refractivity contribution in [1.29, 1.82) is 0 Å². The number of nitrogens with one attached hydrogen (secondary N) is 2. The van der Waals surface area contributed by atoms with Crippen molar-refractivity contribution in [2.75, 3.05) is 0 Å². The number of rotatable bonds is 8. The van der Waals surface area contributed by atoms with Crippen LogP contribution in [0.3, 0.4) is 0 Å². The van der Waals surface area contributed by atoms with Gasteiger partial charge in [0.05, 0.1) is 0 Å². The van der Waals surface area contributed by atoms with Crippen molar-refractivity contribution < 1.29 is 20.5 Å². The minimum atomic E-state index is -1.65. The van der Waals surface area contributed by atoms with E-state index in [1.54, 1.807) is 69.3 Å². The first-order chi connectivity index (χ1) is 15.4. The van der Waals surface area contributed by atoms with Gasteiger partial charge in [0.2, 0.25) is 11.8 Å². The van der Waals surface area contributed by atoms with Crippen LogP contribution >= 0.6 is 11.6 Å². The molecule has 3 amide bonds. The summed E-state index contributed by atoms with van der Waals surface area (Å²) in [6.45, 7) is 4.64. The van der Waals surface area contributed by atoms with Crippen LogP contribution in [0.5, 0.6) is 0 Å². The Labute approximate surface area is 195 Å². The number of carbonyl (C=O) groups is 3. The van der Waals surface area contributed by atoms with Crippen LogP contribution < -0.4 is 16.4 Å². The fraction of sp³-hybridized carbons (Fsp3) is 0.375. The fourth-order valence-electron chi connectivity index (χ4n) is 3.02. The van der Waals surface area contributed by atoms with Crippen molar-refractivity contribution in [3.63, 3.8) is 0 Å². The number of hydrogen-bond donors (Lipinski definition) is 3. The van der Waals surface area contributed by atoms with E-state index >= 15 is 0 Å². The van der Waals surface area contributed by atoms with Crippen LogP contribution in [0, 0.1) is 0 Å². The lowest BCUT2D eigenvalue weighted by atomic mass is 9.91. The van der Waals surface area contributed by atoms with E-state index in [1.165, 1.54) is 0 Å². The zero-order valence-corrected chi connectivity index (χ0v) is 19.2. The number of carbonyl (C=O) groups excluding carboxylic acids is 3. The summed E-state index contributed by atoms with van der Waals surface area (Å²) in [6, 6.07) is 14.7. The zero-order chi connectivity index (χ0) is 24.6. The molecule has 2 aromatic rings. The van der Waals surface area contributed by atoms with E-state index in [4.69, 9.17) is 23.4 Å². The van der Waals surface area contributed by atoms with Crippen LogP contribution in [0.1, 0.15) is 40.2 Å². The first-order valence-electron chi connectivity index (χ1n) is 10.8. The summed E-state index contributed by atoms with van der Waals surface area (Å²) in [4.78, 5) is 38.1. The van der Waals surface area contributed by atoms with Gasteiger partial charge in [0.1, 0.15) is 17.2 Å². The minimum absolute atomic E-state index is 0.0364. The molecular formula is C24H30ClN3O4. The van der Waals surface area contributed by atoms with Crippen molar-refractivity contribution in [3.8, 4) is 0 Å². The molecular weight excluding hydrogens is 430 g/mol. The minimum Gasteiger partial charge on any atom is -0.444 e. The lowest BCUT2D eigenvalue weighted by molar-refractivity contribution is -0.132. The molecule has 0 spiro atoms. The van der Waals surface area contributed by atoms with Gasteiger partial charge < -0.3 is 21.1 Å². The largest absolute Gasteiger partial charge is 0.444 e. The molecule has 0 heterocycles. The van der Waals surface area contributed by atoms with Gasteiger partial charge in [-0.05, 0) is 50.9 Å². The quantitative estimate of drug-likeness (QED) is 0.560. The van der Waals surface area contributed by atoms with Gasteiger partial charge in [-0.15, -0.1) is 0 Å². The number of nitrogens with two attached hydrogens (primary N) is 1. The van der Waals surface area contributed by atoms with Crippen LogP contribution in [0.4, 0.5) is 4.79 Å². The molecule has 0 saturated carbocycles. The molecule has 0 aliphatic rings. The molecule has 8 heteroatoms. The van der Waals surface area contributed by atoms with E-state index in [9.17, 15) is 14.4 Å². The van der Waals surface area contributed by atoms with Crippen molar-refractivity contribution in [2.45, 2.75) is 57.7 Å². The maximum atomic E-state index is 13.3. The third-order valence-corrected chi connectivity index (χ3v) is 4.75. The first-order valence-corrected chi connectivity index (χ1v) is 10.5. The molecule has 0 radical (unpaired) electrons. The smallest absolute Gasteiger partial charge is 0.408 e. The van der Waals surface area contributed by atoms with Gasteiger partial charge in [-0.25, -0.2) is 4.79 Å². The highest BCUT2D eigenvalue weighted by atomic mass is 35.5. The average molecular weight is 461 g/mol. The molecule has 0 aromatic heterocycles. The normalized spacial score (nSPS) is 14.4. The number of halogens is 1. The Morgan fingerprint density at radius 2 is 1.75 bits per heavy atom. The molecule has 0 bridgehead atoms. The highest BCUT2D eigenvalue weighted by molar-refractivity contribution is 6.30. The number of amides is 3. The highest BCUT2D eigenvalue weighted by Gasteiger charge is 2.36. The van der Waals surface area contributed by atoms with Gasteiger partial charge in [-0.2, -0.15) is 0 Å². The van der Waals surface area contributed by atoms with Gasteiger partial charge >= 0.3 is 6.09 Å². The van der Waals surface area contributed by atoms with E-state index in [0.29, 0.717) is 10.6 Å². The van der Waals surface area contributed by atoms with E-state index in [0.717, 1.165) is 5.56 Å². The highest BCUT2D eigenvalue weighted by Crippen LogP contribution is 2.16. The molecule has 7 nitrogen and oxygen atoms in total. The summed E-state index contributed by atoms with van der Waals surface area (Å²) in [7, 11) is 0. The molecule has 2 aromatic carbocycles. The van der Waals surface area contributed by atoms with Gasteiger partial charge in [0.25, 0.3) is 0 Å². The number of hydrogen-bond acceptors (Lipinski definition) is 4. The molecule has 0 aliphatic carbocycles. The Kier molecular flexibility index (Phi) is 7.75. The predicted octanol–water partition coefficient (Wildman–Crippen LogP) is 3.38. The molecule has 2 rings (SSSR count). The summed E-state index contributed by atoms with van der Waals surface area (Å²) < 4.78 is 13.3. The van der Waals surface area contributed by atoms with Crippen molar-refractivity contribution >= 4 is 29.5 Å². The van der Waals surface area contributed by atoms with Gasteiger partial charge in [-0.3, -0.25) is 9.59 Å². The lowest BCUT2D eigenvalue weighted by Gasteiger charge is -2.30. The molecule has 0 saturated heterocycles.